The Morgan fingerprint density at radius 3 is 2.75 bits per heavy atom. The lowest BCUT2D eigenvalue weighted by atomic mass is 10.0. The van der Waals surface area contributed by atoms with Gasteiger partial charge in [0.25, 0.3) is 5.91 Å². The molecule has 0 aliphatic carbocycles. The highest BCUT2D eigenvalue weighted by Crippen LogP contribution is 2.33. The first-order chi connectivity index (χ1) is 9.49. The van der Waals surface area contributed by atoms with Gasteiger partial charge in [-0.05, 0) is 25.0 Å². The smallest absolute Gasteiger partial charge is 0.255 e. The third kappa shape index (κ3) is 1.89. The van der Waals surface area contributed by atoms with Gasteiger partial charge in [-0.2, -0.15) is 0 Å². The van der Waals surface area contributed by atoms with E-state index in [-0.39, 0.29) is 18.2 Å². The highest BCUT2D eigenvalue weighted by molar-refractivity contribution is 6.33. The molecule has 0 radical (unpaired) electrons. The highest BCUT2D eigenvalue weighted by atomic mass is 35.5. The van der Waals surface area contributed by atoms with Crippen molar-refractivity contribution in [3.8, 4) is 0 Å². The fourth-order valence-electron chi connectivity index (χ4n) is 2.72. The van der Waals surface area contributed by atoms with Crippen LogP contribution in [0.1, 0.15) is 34.3 Å². The number of rotatable bonds is 1. The maximum Gasteiger partial charge on any atom is 0.255 e. The molecule has 1 aromatic rings. The van der Waals surface area contributed by atoms with Gasteiger partial charge in [0.05, 0.1) is 0 Å². The molecule has 104 valence electrons. The topological polar surface area (TPSA) is 66.5 Å². The second-order valence-electron chi connectivity index (χ2n) is 5.12. The lowest BCUT2D eigenvalue weighted by Crippen LogP contribution is -2.52. The summed E-state index contributed by atoms with van der Waals surface area (Å²) in [6, 6.07) is 2.95. The molecule has 3 amide bonds. The van der Waals surface area contributed by atoms with Crippen molar-refractivity contribution >= 4 is 29.3 Å². The molecule has 0 saturated carbocycles. The summed E-state index contributed by atoms with van der Waals surface area (Å²) < 4.78 is 0. The SMILES string of the molecule is Cc1ccc2c(c1Cl)CN(C1CCC(=O)NC1=O)C2=O. The van der Waals surface area contributed by atoms with Crippen LogP contribution in [0.25, 0.3) is 0 Å². The number of amides is 3. The van der Waals surface area contributed by atoms with Crippen LogP contribution < -0.4 is 5.32 Å². The Morgan fingerprint density at radius 1 is 1.30 bits per heavy atom. The molecular weight excluding hydrogens is 280 g/mol. The van der Waals surface area contributed by atoms with Crippen molar-refractivity contribution in [1.29, 1.82) is 0 Å². The van der Waals surface area contributed by atoms with Crippen LogP contribution in [0.15, 0.2) is 12.1 Å². The molecule has 0 aromatic heterocycles. The van der Waals surface area contributed by atoms with Crippen molar-refractivity contribution in [3.63, 3.8) is 0 Å². The second-order valence-corrected chi connectivity index (χ2v) is 5.50. The number of fused-ring (bicyclic) bond motifs is 1. The fourth-order valence-corrected chi connectivity index (χ4v) is 2.95. The van der Waals surface area contributed by atoms with Gasteiger partial charge in [0.2, 0.25) is 11.8 Å². The molecule has 1 unspecified atom stereocenters. The summed E-state index contributed by atoms with van der Waals surface area (Å²) >= 11 is 6.23. The van der Waals surface area contributed by atoms with Crippen molar-refractivity contribution in [3.05, 3.63) is 33.8 Å². The van der Waals surface area contributed by atoms with E-state index in [9.17, 15) is 14.4 Å². The number of carbonyl (C=O) groups is 3. The Morgan fingerprint density at radius 2 is 2.05 bits per heavy atom. The summed E-state index contributed by atoms with van der Waals surface area (Å²) in [7, 11) is 0. The van der Waals surface area contributed by atoms with E-state index in [1.807, 2.05) is 6.92 Å². The maximum atomic E-state index is 12.4. The molecule has 0 bridgehead atoms. The Bertz CT molecular complexity index is 642. The molecule has 1 fully saturated rings. The first-order valence-corrected chi connectivity index (χ1v) is 6.79. The molecule has 3 rings (SSSR count). The van der Waals surface area contributed by atoms with Crippen LogP contribution in [0, 0.1) is 6.92 Å². The van der Waals surface area contributed by atoms with E-state index in [0.29, 0.717) is 23.6 Å². The van der Waals surface area contributed by atoms with Crippen molar-refractivity contribution in [2.45, 2.75) is 32.4 Å². The Hall–Kier alpha value is -1.88. The van der Waals surface area contributed by atoms with Crippen LogP contribution in [0.5, 0.6) is 0 Å². The molecule has 1 saturated heterocycles. The molecule has 20 heavy (non-hydrogen) atoms. The van der Waals surface area contributed by atoms with E-state index < -0.39 is 11.9 Å². The minimum Gasteiger partial charge on any atom is -0.322 e. The Balaban J connectivity index is 1.92. The molecule has 1 atom stereocenters. The third-order valence-electron chi connectivity index (χ3n) is 3.84. The van der Waals surface area contributed by atoms with Crippen LogP contribution in [-0.2, 0) is 16.1 Å². The van der Waals surface area contributed by atoms with Gasteiger partial charge < -0.3 is 4.90 Å². The number of aryl methyl sites for hydroxylation is 1. The Labute approximate surface area is 120 Å². The summed E-state index contributed by atoms with van der Waals surface area (Å²) in [5, 5.41) is 2.85. The van der Waals surface area contributed by atoms with Crippen molar-refractivity contribution in [2.75, 3.05) is 0 Å². The zero-order chi connectivity index (χ0) is 14.4. The van der Waals surface area contributed by atoms with E-state index >= 15 is 0 Å². The largest absolute Gasteiger partial charge is 0.322 e. The third-order valence-corrected chi connectivity index (χ3v) is 4.37. The van der Waals surface area contributed by atoms with Crippen LogP contribution >= 0.6 is 11.6 Å². The van der Waals surface area contributed by atoms with Crippen LogP contribution in [0.3, 0.4) is 0 Å². The first-order valence-electron chi connectivity index (χ1n) is 6.41. The number of nitrogens with one attached hydrogen (secondary N) is 1. The summed E-state index contributed by atoms with van der Waals surface area (Å²) in [6.07, 6.45) is 0.615. The molecular formula is C14H13ClN2O3. The van der Waals surface area contributed by atoms with Crippen LogP contribution in [0.4, 0.5) is 0 Å². The summed E-state index contributed by atoms with van der Waals surface area (Å²) in [5.41, 5.74) is 2.22. The average molecular weight is 293 g/mol. The van der Waals surface area contributed by atoms with E-state index in [2.05, 4.69) is 5.32 Å². The standard InChI is InChI=1S/C14H13ClN2O3/c1-7-2-3-8-9(12(7)15)6-17(14(8)20)10-4-5-11(18)16-13(10)19/h2-3,10H,4-6H2,1H3,(H,16,18,19). The molecule has 5 nitrogen and oxygen atoms in total. The van der Waals surface area contributed by atoms with E-state index in [1.165, 1.54) is 4.90 Å². The zero-order valence-corrected chi connectivity index (χ0v) is 11.7. The van der Waals surface area contributed by atoms with Gasteiger partial charge in [-0.25, -0.2) is 0 Å². The number of hydrogen-bond acceptors (Lipinski definition) is 3. The monoisotopic (exact) mass is 292 g/mol. The number of nitrogens with zero attached hydrogens (tertiary/aromatic N) is 1. The van der Waals surface area contributed by atoms with Gasteiger partial charge in [-0.1, -0.05) is 17.7 Å². The molecule has 2 aliphatic rings. The molecule has 1 aromatic carbocycles. The van der Waals surface area contributed by atoms with Crippen molar-refractivity contribution < 1.29 is 14.4 Å². The second kappa shape index (κ2) is 4.59. The predicted octanol–water partition coefficient (Wildman–Crippen LogP) is 1.41. The zero-order valence-electron chi connectivity index (χ0n) is 10.9. The quantitative estimate of drug-likeness (QED) is 0.796. The van der Waals surface area contributed by atoms with Gasteiger partial charge in [-0.15, -0.1) is 0 Å². The number of piperidine rings is 1. The Kier molecular flexibility index (Phi) is 3.01. The molecule has 2 heterocycles. The maximum absolute atomic E-state index is 12.4. The van der Waals surface area contributed by atoms with E-state index in [1.54, 1.807) is 12.1 Å². The number of benzene rings is 1. The van der Waals surface area contributed by atoms with Crippen molar-refractivity contribution in [1.82, 2.24) is 10.2 Å². The molecule has 2 aliphatic heterocycles. The molecule has 1 N–H and O–H groups in total. The van der Waals surface area contributed by atoms with Gasteiger partial charge in [0.15, 0.2) is 0 Å². The summed E-state index contributed by atoms with van der Waals surface area (Å²) in [5.74, 6) is -0.893. The van der Waals surface area contributed by atoms with E-state index in [4.69, 9.17) is 11.6 Å². The number of halogens is 1. The highest BCUT2D eigenvalue weighted by Gasteiger charge is 2.39. The minimum absolute atomic E-state index is 0.198. The van der Waals surface area contributed by atoms with E-state index in [0.717, 1.165) is 11.1 Å². The lowest BCUT2D eigenvalue weighted by Gasteiger charge is -2.29. The van der Waals surface area contributed by atoms with Gasteiger partial charge in [0.1, 0.15) is 6.04 Å². The van der Waals surface area contributed by atoms with Gasteiger partial charge in [0, 0.05) is 29.1 Å². The van der Waals surface area contributed by atoms with Crippen LogP contribution in [-0.4, -0.2) is 28.7 Å². The number of hydrogen-bond donors (Lipinski definition) is 1. The summed E-state index contributed by atoms with van der Waals surface area (Å²) in [4.78, 5) is 36.9. The summed E-state index contributed by atoms with van der Waals surface area (Å²) in [6.45, 7) is 2.20. The average Bonchev–Trinajstić information content (AvgIpc) is 2.72. The van der Waals surface area contributed by atoms with Crippen LogP contribution in [0.2, 0.25) is 5.02 Å². The normalized spacial score (nSPS) is 22.0. The number of carbonyl (C=O) groups excluding carboxylic acids is 3. The van der Waals surface area contributed by atoms with Gasteiger partial charge in [-0.3, -0.25) is 19.7 Å². The predicted molar refractivity (Wildman–Crippen MR) is 72.2 cm³/mol. The van der Waals surface area contributed by atoms with Gasteiger partial charge >= 0.3 is 0 Å². The minimum atomic E-state index is -0.594. The number of imide groups is 1. The molecule has 0 spiro atoms. The fraction of sp³-hybridized carbons (Fsp3) is 0.357. The molecule has 6 heteroatoms. The lowest BCUT2D eigenvalue weighted by molar-refractivity contribution is -0.136. The van der Waals surface area contributed by atoms with Crippen molar-refractivity contribution in [2.24, 2.45) is 0 Å². The first kappa shape index (κ1) is 13.1.